The molecular weight excluding hydrogens is 466 g/mol. The summed E-state index contributed by atoms with van der Waals surface area (Å²) in [6, 6.07) is 8.11. The van der Waals surface area contributed by atoms with Crippen LogP contribution in [-0.2, 0) is 11.2 Å². The molecule has 4 aromatic rings. The number of rotatable bonds is 8. The van der Waals surface area contributed by atoms with Crippen molar-refractivity contribution in [2.45, 2.75) is 31.4 Å². The summed E-state index contributed by atoms with van der Waals surface area (Å²) >= 11 is 4.32. The van der Waals surface area contributed by atoms with Crippen LogP contribution in [0, 0.1) is 0 Å². The smallest absolute Gasteiger partial charge is 0.231 e. The molecule has 13 heteroatoms. The number of carbonyl (C=O) groups excluding carboxylic acids is 1. The van der Waals surface area contributed by atoms with Crippen molar-refractivity contribution in [1.29, 1.82) is 0 Å². The molecule has 0 aliphatic carbocycles. The van der Waals surface area contributed by atoms with Gasteiger partial charge in [0, 0.05) is 22.2 Å². The Kier molecular flexibility index (Phi) is 7.19. The van der Waals surface area contributed by atoms with Gasteiger partial charge in [-0.05, 0) is 42.3 Å². The number of nitrogens with zero attached hydrogens (tertiary/aromatic N) is 6. The Bertz CT molecular complexity index is 1200. The molecule has 0 bridgehead atoms. The molecule has 32 heavy (non-hydrogen) atoms. The molecule has 0 aliphatic rings. The van der Waals surface area contributed by atoms with Crippen LogP contribution in [0.4, 0.5) is 11.8 Å². The largest absolute Gasteiger partial charge is 0.368 e. The highest BCUT2D eigenvalue weighted by molar-refractivity contribution is 7.99. The van der Waals surface area contributed by atoms with Gasteiger partial charge in [0.05, 0.1) is 24.5 Å². The monoisotopic (exact) mass is 483 g/mol. The molecule has 1 aromatic carbocycles. The molecule has 1 amide bonds. The fourth-order valence-corrected chi connectivity index (χ4v) is 4.43. The summed E-state index contributed by atoms with van der Waals surface area (Å²) in [7, 11) is 0. The first kappa shape index (κ1) is 22.0. The van der Waals surface area contributed by atoms with Crippen molar-refractivity contribution < 1.29 is 4.79 Å². The molecule has 3 heterocycles. The van der Waals surface area contributed by atoms with E-state index in [1.165, 1.54) is 47.0 Å². The van der Waals surface area contributed by atoms with Crippen LogP contribution in [0.5, 0.6) is 0 Å². The van der Waals surface area contributed by atoms with Gasteiger partial charge in [-0.15, -0.1) is 16.9 Å². The van der Waals surface area contributed by atoms with Gasteiger partial charge in [-0.1, -0.05) is 11.8 Å². The Morgan fingerprint density at radius 3 is 2.56 bits per heavy atom. The van der Waals surface area contributed by atoms with E-state index in [-0.39, 0.29) is 18.3 Å². The molecule has 0 atom stereocenters. The van der Waals surface area contributed by atoms with Gasteiger partial charge in [0.2, 0.25) is 17.0 Å². The first-order valence-electron chi connectivity index (χ1n) is 9.18. The van der Waals surface area contributed by atoms with Crippen LogP contribution < -0.4 is 11.1 Å². The Morgan fingerprint density at radius 1 is 1.06 bits per heavy atom. The highest BCUT2D eigenvalue weighted by Gasteiger charge is 2.16. The quantitative estimate of drug-likeness (QED) is 0.317. The summed E-state index contributed by atoms with van der Waals surface area (Å²) in [6.07, 6.45) is 8.19. The summed E-state index contributed by atoms with van der Waals surface area (Å²) in [6.45, 7) is 0. The maximum absolute atomic E-state index is 12.6. The first-order chi connectivity index (χ1) is 15.6. The first-order valence-corrected chi connectivity index (χ1v) is 12.0. The number of nitrogens with one attached hydrogen (secondary N) is 2. The zero-order chi connectivity index (χ0) is 22.3. The lowest BCUT2D eigenvalue weighted by Crippen LogP contribution is -2.17. The minimum Gasteiger partial charge on any atom is -0.368 e. The van der Waals surface area contributed by atoms with Crippen molar-refractivity contribution in [3.8, 4) is 0 Å². The second kappa shape index (κ2) is 10.4. The third-order valence-electron chi connectivity index (χ3n) is 3.89. The number of benzene rings is 1. The van der Waals surface area contributed by atoms with Crippen molar-refractivity contribution in [2.75, 3.05) is 17.3 Å². The van der Waals surface area contributed by atoms with Crippen LogP contribution in [0.15, 0.2) is 74.1 Å². The van der Waals surface area contributed by atoms with E-state index in [0.717, 1.165) is 4.90 Å². The van der Waals surface area contributed by atoms with Crippen molar-refractivity contribution in [3.63, 3.8) is 0 Å². The minimum absolute atomic E-state index is 0.0132. The van der Waals surface area contributed by atoms with Gasteiger partial charge in [-0.25, -0.2) is 20.1 Å². The van der Waals surface area contributed by atoms with Gasteiger partial charge < -0.3 is 11.1 Å². The van der Waals surface area contributed by atoms with Gasteiger partial charge in [0.15, 0.2) is 5.82 Å². The van der Waals surface area contributed by atoms with Crippen molar-refractivity contribution in [1.82, 2.24) is 35.1 Å². The van der Waals surface area contributed by atoms with Crippen LogP contribution in [0.1, 0.15) is 5.69 Å². The third-order valence-corrected chi connectivity index (χ3v) is 6.45. The summed E-state index contributed by atoms with van der Waals surface area (Å²) in [5.41, 5.74) is 6.11. The number of aromatic nitrogens is 7. The molecule has 0 saturated carbocycles. The standard InChI is InChI=1S/C19H17N9OS3/c1-30-11-2-4-12(5-3-11)31-17-13(8-15(29)25-14-9-21-6-7-22-14)24-16(10-23-17)32-19-26-18(20)27-28-19/h2-7,9-10H,8H2,1H3,(H,22,25,29)(H3,20,26,27,28). The summed E-state index contributed by atoms with van der Waals surface area (Å²) in [5.74, 6) is 0.308. The average molecular weight is 484 g/mol. The van der Waals surface area contributed by atoms with Gasteiger partial charge in [-0.3, -0.25) is 9.78 Å². The molecule has 0 unspecified atom stereocenters. The predicted octanol–water partition coefficient (Wildman–Crippen LogP) is 3.17. The lowest BCUT2D eigenvalue weighted by Gasteiger charge is -2.10. The van der Waals surface area contributed by atoms with E-state index < -0.39 is 0 Å². The maximum Gasteiger partial charge on any atom is 0.231 e. The fourth-order valence-electron chi connectivity index (χ4n) is 2.50. The lowest BCUT2D eigenvalue weighted by molar-refractivity contribution is -0.115. The van der Waals surface area contributed by atoms with Crippen LogP contribution in [0.2, 0.25) is 0 Å². The number of hydrogen-bond acceptors (Lipinski definition) is 11. The maximum atomic E-state index is 12.6. The van der Waals surface area contributed by atoms with Crippen LogP contribution in [0.3, 0.4) is 0 Å². The van der Waals surface area contributed by atoms with Gasteiger partial charge >= 0.3 is 0 Å². The zero-order valence-corrected chi connectivity index (χ0v) is 19.2. The number of hydrogen-bond donors (Lipinski definition) is 3. The molecule has 0 radical (unpaired) electrons. The van der Waals surface area contributed by atoms with E-state index in [4.69, 9.17) is 5.73 Å². The Morgan fingerprint density at radius 2 is 1.88 bits per heavy atom. The Labute approximate surface area is 196 Å². The molecule has 0 spiro atoms. The number of thioether (sulfide) groups is 1. The van der Waals surface area contributed by atoms with E-state index in [1.54, 1.807) is 18.0 Å². The molecule has 4 rings (SSSR count). The summed E-state index contributed by atoms with van der Waals surface area (Å²) in [5, 5.41) is 10.9. The van der Waals surface area contributed by atoms with Gasteiger partial charge in [-0.2, -0.15) is 4.98 Å². The van der Waals surface area contributed by atoms with E-state index in [2.05, 4.69) is 40.4 Å². The summed E-state index contributed by atoms with van der Waals surface area (Å²) in [4.78, 5) is 36.1. The SMILES string of the molecule is CSc1ccc(Sc2ncc(Sc3n[nH]c(N)n3)nc2CC(=O)Nc2cnccn2)cc1. The molecule has 0 fully saturated rings. The van der Waals surface area contributed by atoms with Gasteiger partial charge in [0.1, 0.15) is 10.1 Å². The molecule has 3 aromatic heterocycles. The van der Waals surface area contributed by atoms with E-state index in [1.807, 2.05) is 30.5 Å². The molecule has 0 aliphatic heterocycles. The number of H-pyrrole nitrogens is 1. The number of nitrogens with two attached hydrogens (primary N) is 1. The van der Waals surface area contributed by atoms with Crippen molar-refractivity contribution in [2.24, 2.45) is 0 Å². The molecule has 4 N–H and O–H groups in total. The second-order valence-electron chi connectivity index (χ2n) is 6.16. The highest BCUT2D eigenvalue weighted by atomic mass is 32.2. The number of anilines is 2. The number of nitrogen functional groups attached to an aromatic ring is 1. The predicted molar refractivity (Wildman–Crippen MR) is 124 cm³/mol. The topological polar surface area (TPSA) is 148 Å². The molecule has 162 valence electrons. The van der Waals surface area contributed by atoms with Crippen LogP contribution >= 0.6 is 35.3 Å². The normalized spacial score (nSPS) is 10.8. The van der Waals surface area contributed by atoms with Crippen molar-refractivity contribution in [3.05, 3.63) is 54.7 Å². The lowest BCUT2D eigenvalue weighted by atomic mass is 10.3. The Hall–Kier alpha value is -3.16. The number of amides is 1. The molecular formula is C19H17N9OS3. The van der Waals surface area contributed by atoms with E-state index in [0.29, 0.717) is 26.7 Å². The fraction of sp³-hybridized carbons (Fsp3) is 0.105. The third kappa shape index (κ3) is 5.96. The second-order valence-corrected chi connectivity index (χ2v) is 9.09. The average Bonchev–Trinajstić information content (AvgIpc) is 3.21. The summed E-state index contributed by atoms with van der Waals surface area (Å²) < 4.78 is 0. The molecule has 0 saturated heterocycles. The van der Waals surface area contributed by atoms with Crippen molar-refractivity contribution >= 4 is 53.0 Å². The van der Waals surface area contributed by atoms with E-state index in [9.17, 15) is 4.79 Å². The molecule has 10 nitrogen and oxygen atoms in total. The highest BCUT2D eigenvalue weighted by Crippen LogP contribution is 2.32. The minimum atomic E-state index is -0.274. The number of aromatic amines is 1. The van der Waals surface area contributed by atoms with Crippen LogP contribution in [-0.4, -0.2) is 47.3 Å². The number of carbonyl (C=O) groups is 1. The van der Waals surface area contributed by atoms with Crippen LogP contribution in [0.25, 0.3) is 0 Å². The van der Waals surface area contributed by atoms with E-state index >= 15 is 0 Å². The Balaban J connectivity index is 1.57. The van der Waals surface area contributed by atoms with Gasteiger partial charge in [0.25, 0.3) is 0 Å². The zero-order valence-electron chi connectivity index (χ0n) is 16.7.